The van der Waals surface area contributed by atoms with E-state index in [1.54, 1.807) is 31.7 Å². The van der Waals surface area contributed by atoms with E-state index in [2.05, 4.69) is 4.98 Å². The van der Waals surface area contributed by atoms with Crippen LogP contribution in [-0.4, -0.2) is 81.4 Å². The number of carbonyl (C=O) groups excluding carboxylic acids is 2. The fourth-order valence-electron chi connectivity index (χ4n) is 5.22. The number of alkyl halides is 1. The summed E-state index contributed by atoms with van der Waals surface area (Å²) in [6.07, 6.45) is -2.13. The fourth-order valence-corrected chi connectivity index (χ4v) is 5.22. The second kappa shape index (κ2) is 10.1. The summed E-state index contributed by atoms with van der Waals surface area (Å²) < 4.78 is 53.4. The summed E-state index contributed by atoms with van der Waals surface area (Å²) in [7, 11) is 0. The average Bonchev–Trinajstić information content (AvgIpc) is 3.44. The first-order valence-corrected chi connectivity index (χ1v) is 12.8. The monoisotopic (exact) mass is 549 g/mol. The molecule has 0 bridgehead atoms. The van der Waals surface area contributed by atoms with Crippen molar-refractivity contribution >= 4 is 17.8 Å². The van der Waals surface area contributed by atoms with Gasteiger partial charge in [0, 0.05) is 32.1 Å². The largest absolute Gasteiger partial charge is 0.473 e. The number of nitrogens with zero attached hydrogens (tertiary/aromatic N) is 5. The molecule has 39 heavy (non-hydrogen) atoms. The van der Waals surface area contributed by atoms with Crippen LogP contribution in [0.5, 0.6) is 5.88 Å². The first-order chi connectivity index (χ1) is 18.4. The lowest BCUT2D eigenvalue weighted by atomic mass is 10.1. The molecule has 0 saturated carbocycles. The molecular weight excluding hydrogens is 519 g/mol. The van der Waals surface area contributed by atoms with Gasteiger partial charge < -0.3 is 19.3 Å². The highest BCUT2D eigenvalue weighted by Crippen LogP contribution is 2.31. The number of hydrogen-bond acceptors (Lipinski definition) is 7. The molecule has 1 aromatic heterocycles. The summed E-state index contributed by atoms with van der Waals surface area (Å²) in [5.74, 6) is -1.69. The summed E-state index contributed by atoms with van der Waals surface area (Å²) in [5.41, 5.74) is -0.934. The van der Waals surface area contributed by atoms with Gasteiger partial charge in [-0.05, 0) is 38.5 Å². The minimum Gasteiger partial charge on any atom is -0.473 e. The van der Waals surface area contributed by atoms with Gasteiger partial charge in [0.1, 0.15) is 30.2 Å². The number of rotatable bonds is 4. The molecular formula is C26H30F3N5O5. The molecule has 0 aliphatic carbocycles. The zero-order valence-electron chi connectivity index (χ0n) is 21.9. The molecule has 210 valence electrons. The SMILES string of the molecule is CC(C)(C)OC(=O)N1CC(F)CC1C(=O)N1CCN2c3cc(OCc4ccc(F)c(F)c4)nc(=O)n3CC2C1. The van der Waals surface area contributed by atoms with E-state index >= 15 is 0 Å². The Morgan fingerprint density at radius 1 is 1.08 bits per heavy atom. The molecule has 0 spiro atoms. The Balaban J connectivity index is 1.26. The van der Waals surface area contributed by atoms with Gasteiger partial charge in [-0.1, -0.05) is 6.07 Å². The van der Waals surface area contributed by atoms with Crippen LogP contribution >= 0.6 is 0 Å². The molecule has 0 N–H and O–H groups in total. The lowest BCUT2D eigenvalue weighted by molar-refractivity contribution is -0.136. The lowest BCUT2D eigenvalue weighted by Crippen LogP contribution is -2.57. The minimum atomic E-state index is -1.32. The molecule has 3 aliphatic rings. The molecule has 13 heteroatoms. The molecule has 2 saturated heterocycles. The quantitative estimate of drug-likeness (QED) is 0.578. The van der Waals surface area contributed by atoms with Crippen molar-refractivity contribution in [2.24, 2.45) is 0 Å². The maximum absolute atomic E-state index is 14.3. The van der Waals surface area contributed by atoms with E-state index in [0.717, 1.165) is 12.1 Å². The van der Waals surface area contributed by atoms with E-state index in [0.29, 0.717) is 31.0 Å². The Morgan fingerprint density at radius 3 is 2.56 bits per heavy atom. The lowest BCUT2D eigenvalue weighted by Gasteiger charge is -2.40. The second-order valence-corrected chi connectivity index (χ2v) is 11.0. The van der Waals surface area contributed by atoms with Crippen LogP contribution in [0.25, 0.3) is 0 Å². The van der Waals surface area contributed by atoms with Crippen LogP contribution in [-0.2, 0) is 22.7 Å². The topological polar surface area (TPSA) is 97.2 Å². The fraction of sp³-hybridized carbons (Fsp3) is 0.538. The van der Waals surface area contributed by atoms with Gasteiger partial charge in [-0.25, -0.2) is 22.8 Å². The standard InChI is InChI=1S/C26H30F3N5O5/c1-26(2,3)39-25(37)33-11-16(27)9-20(33)23(35)31-6-7-32-17(12-31)13-34-22(32)10-21(30-24(34)36)38-14-15-4-5-18(28)19(29)8-15/h4-5,8,10,16-17,20H,6-7,9,11-14H2,1-3H3. The van der Waals surface area contributed by atoms with Crippen molar-refractivity contribution in [1.29, 1.82) is 0 Å². The van der Waals surface area contributed by atoms with Crippen LogP contribution in [0.4, 0.5) is 23.8 Å². The number of amides is 2. The van der Waals surface area contributed by atoms with Gasteiger partial charge in [-0.15, -0.1) is 0 Å². The molecule has 0 radical (unpaired) electrons. The van der Waals surface area contributed by atoms with Crippen molar-refractivity contribution < 1.29 is 32.2 Å². The molecule has 3 atom stereocenters. The Bertz CT molecular complexity index is 1350. The Labute approximate surface area is 222 Å². The minimum absolute atomic E-state index is 0.0445. The Morgan fingerprint density at radius 2 is 1.85 bits per heavy atom. The van der Waals surface area contributed by atoms with Gasteiger partial charge in [-0.3, -0.25) is 14.3 Å². The number of carbonyl (C=O) groups is 2. The van der Waals surface area contributed by atoms with Crippen LogP contribution in [0.1, 0.15) is 32.8 Å². The highest BCUT2D eigenvalue weighted by Gasteiger charge is 2.45. The first-order valence-electron chi connectivity index (χ1n) is 12.8. The molecule has 4 heterocycles. The molecule has 1 aromatic carbocycles. The number of hydrogen-bond donors (Lipinski definition) is 0. The highest BCUT2D eigenvalue weighted by atomic mass is 19.2. The van der Waals surface area contributed by atoms with Crippen molar-refractivity contribution in [2.45, 2.75) is 64.2 Å². The van der Waals surface area contributed by atoms with Crippen LogP contribution in [0.15, 0.2) is 29.1 Å². The third-order valence-corrected chi connectivity index (χ3v) is 6.98. The van der Waals surface area contributed by atoms with Crippen LogP contribution < -0.4 is 15.3 Å². The van der Waals surface area contributed by atoms with Crippen LogP contribution in [0.3, 0.4) is 0 Å². The van der Waals surface area contributed by atoms with Gasteiger partial charge in [-0.2, -0.15) is 4.98 Å². The van der Waals surface area contributed by atoms with E-state index in [9.17, 15) is 27.6 Å². The van der Waals surface area contributed by atoms with Crippen molar-refractivity contribution in [1.82, 2.24) is 19.4 Å². The number of ether oxygens (including phenoxy) is 2. The predicted octanol–water partition coefficient (Wildman–Crippen LogP) is 2.48. The van der Waals surface area contributed by atoms with E-state index in [1.165, 1.54) is 15.5 Å². The summed E-state index contributed by atoms with van der Waals surface area (Å²) in [5, 5.41) is 0. The van der Waals surface area contributed by atoms with Crippen molar-refractivity contribution in [2.75, 3.05) is 31.1 Å². The van der Waals surface area contributed by atoms with Crippen molar-refractivity contribution in [3.8, 4) is 5.88 Å². The number of fused-ring (bicyclic) bond motifs is 3. The number of benzene rings is 1. The second-order valence-electron chi connectivity index (χ2n) is 11.0. The van der Waals surface area contributed by atoms with Crippen molar-refractivity contribution in [3.63, 3.8) is 0 Å². The van der Waals surface area contributed by atoms with Gasteiger partial charge in [0.15, 0.2) is 11.6 Å². The molecule has 10 nitrogen and oxygen atoms in total. The third-order valence-electron chi connectivity index (χ3n) is 6.98. The van der Waals surface area contributed by atoms with Gasteiger partial charge in [0.05, 0.1) is 19.1 Å². The van der Waals surface area contributed by atoms with E-state index in [4.69, 9.17) is 9.47 Å². The molecule has 3 unspecified atom stereocenters. The molecule has 3 aliphatic heterocycles. The third kappa shape index (κ3) is 5.52. The Hall–Kier alpha value is -3.77. The number of anilines is 1. The molecule has 2 fully saturated rings. The highest BCUT2D eigenvalue weighted by molar-refractivity contribution is 5.87. The van der Waals surface area contributed by atoms with E-state index < -0.39 is 41.2 Å². The Kier molecular flexibility index (Phi) is 6.93. The molecule has 2 aromatic rings. The summed E-state index contributed by atoms with van der Waals surface area (Å²) in [6, 6.07) is 3.82. The number of aromatic nitrogens is 2. The molecule has 5 rings (SSSR count). The van der Waals surface area contributed by atoms with Crippen LogP contribution in [0, 0.1) is 11.6 Å². The number of likely N-dealkylation sites (tertiary alicyclic amines) is 1. The van der Waals surface area contributed by atoms with Gasteiger partial charge >= 0.3 is 11.8 Å². The summed E-state index contributed by atoms with van der Waals surface area (Å²) in [6.45, 7) is 6.10. The maximum atomic E-state index is 14.3. The van der Waals surface area contributed by atoms with Crippen LogP contribution in [0.2, 0.25) is 0 Å². The zero-order chi connectivity index (χ0) is 28.1. The normalized spacial score (nSPS) is 22.5. The first kappa shape index (κ1) is 26.8. The number of piperazine rings is 1. The summed E-state index contributed by atoms with van der Waals surface area (Å²) in [4.78, 5) is 47.5. The number of halogens is 3. The predicted molar refractivity (Wildman–Crippen MR) is 133 cm³/mol. The molecule has 2 amide bonds. The maximum Gasteiger partial charge on any atom is 0.411 e. The van der Waals surface area contributed by atoms with Gasteiger partial charge in [0.2, 0.25) is 11.8 Å². The van der Waals surface area contributed by atoms with Gasteiger partial charge in [0.25, 0.3) is 0 Å². The van der Waals surface area contributed by atoms with E-state index in [-0.39, 0.29) is 43.9 Å². The zero-order valence-corrected chi connectivity index (χ0v) is 21.9. The summed E-state index contributed by atoms with van der Waals surface area (Å²) >= 11 is 0. The smallest absolute Gasteiger partial charge is 0.411 e. The van der Waals surface area contributed by atoms with Crippen molar-refractivity contribution in [3.05, 3.63) is 51.9 Å². The average molecular weight is 550 g/mol. The van der Waals surface area contributed by atoms with E-state index in [1.807, 2.05) is 4.90 Å².